The quantitative estimate of drug-likeness (QED) is 0.846. The molecular weight excluding hydrogens is 264 g/mol. The lowest BCUT2D eigenvalue weighted by Gasteiger charge is -2.33. The van der Waals surface area contributed by atoms with Crippen molar-refractivity contribution in [1.29, 1.82) is 5.26 Å². The van der Waals surface area contributed by atoms with Crippen LogP contribution in [0.4, 0.5) is 5.82 Å². The highest BCUT2D eigenvalue weighted by Gasteiger charge is 2.22. The van der Waals surface area contributed by atoms with Crippen LogP contribution in [0.15, 0.2) is 18.3 Å². The number of pyridine rings is 1. The summed E-state index contributed by atoms with van der Waals surface area (Å²) in [4.78, 5) is 17.6. The lowest BCUT2D eigenvalue weighted by Crippen LogP contribution is -2.45. The van der Waals surface area contributed by atoms with Crippen molar-refractivity contribution in [3.05, 3.63) is 23.9 Å². The van der Waals surface area contributed by atoms with Gasteiger partial charge in [-0.05, 0) is 25.0 Å². The van der Waals surface area contributed by atoms with Crippen molar-refractivity contribution in [2.75, 3.05) is 23.9 Å². The molecule has 0 radical (unpaired) electrons. The van der Waals surface area contributed by atoms with E-state index in [1.54, 1.807) is 18.3 Å². The molecule has 1 aliphatic rings. The average molecular weight is 279 g/mol. The largest absolute Gasteiger partial charge is 0.355 e. The molecule has 6 heteroatoms. The molecule has 0 saturated carbocycles. The molecular formula is C13H15ClN4O. The van der Waals surface area contributed by atoms with Crippen LogP contribution < -0.4 is 10.2 Å². The summed E-state index contributed by atoms with van der Waals surface area (Å²) >= 11 is 5.47. The van der Waals surface area contributed by atoms with Gasteiger partial charge in [-0.1, -0.05) is 0 Å². The van der Waals surface area contributed by atoms with Gasteiger partial charge in [-0.2, -0.15) is 5.26 Å². The first kappa shape index (κ1) is 13.6. The summed E-state index contributed by atoms with van der Waals surface area (Å²) in [5.74, 6) is 0.599. The van der Waals surface area contributed by atoms with Crippen LogP contribution in [0.1, 0.15) is 18.4 Å². The second-order valence-corrected chi connectivity index (χ2v) is 4.72. The van der Waals surface area contributed by atoms with Gasteiger partial charge in [0.2, 0.25) is 5.91 Å². The third kappa shape index (κ3) is 3.36. The van der Waals surface area contributed by atoms with Crippen molar-refractivity contribution in [2.45, 2.75) is 18.9 Å². The number of aromatic nitrogens is 1. The minimum atomic E-state index is -0.129. The van der Waals surface area contributed by atoms with Crippen LogP contribution in [0.3, 0.4) is 0 Å². The Morgan fingerprint density at radius 2 is 2.32 bits per heavy atom. The van der Waals surface area contributed by atoms with Crippen molar-refractivity contribution in [1.82, 2.24) is 10.3 Å². The molecule has 1 aromatic heterocycles. The number of hydrogen-bond donors (Lipinski definition) is 1. The topological polar surface area (TPSA) is 69.0 Å². The maximum absolute atomic E-state index is 11.2. The number of anilines is 1. The van der Waals surface area contributed by atoms with E-state index in [-0.39, 0.29) is 17.8 Å². The van der Waals surface area contributed by atoms with Crippen LogP contribution >= 0.6 is 11.6 Å². The molecule has 1 aliphatic heterocycles. The fraction of sp³-hybridized carbons (Fsp3) is 0.462. The average Bonchev–Trinajstić information content (AvgIpc) is 2.48. The molecule has 100 valence electrons. The number of nitrogens with zero attached hydrogens (tertiary/aromatic N) is 3. The number of hydrogen-bond acceptors (Lipinski definition) is 4. The zero-order valence-electron chi connectivity index (χ0n) is 10.5. The molecule has 1 fully saturated rings. The van der Waals surface area contributed by atoms with Crippen molar-refractivity contribution >= 4 is 23.3 Å². The van der Waals surface area contributed by atoms with Crippen LogP contribution in [0.25, 0.3) is 0 Å². The van der Waals surface area contributed by atoms with Crippen LogP contribution in [0, 0.1) is 11.3 Å². The smallest absolute Gasteiger partial charge is 0.235 e. The zero-order valence-corrected chi connectivity index (χ0v) is 11.2. The second kappa shape index (κ2) is 6.39. The van der Waals surface area contributed by atoms with Gasteiger partial charge in [-0.3, -0.25) is 4.79 Å². The summed E-state index contributed by atoms with van der Waals surface area (Å²) in [5, 5.41) is 11.9. The normalized spacial score (nSPS) is 15.9. The number of amides is 1. The Morgan fingerprint density at radius 3 is 2.95 bits per heavy atom. The molecule has 1 saturated heterocycles. The predicted molar refractivity (Wildman–Crippen MR) is 73.0 cm³/mol. The Hall–Kier alpha value is -1.80. The van der Waals surface area contributed by atoms with E-state index < -0.39 is 0 Å². The summed E-state index contributed by atoms with van der Waals surface area (Å²) in [6, 6.07) is 5.84. The Morgan fingerprint density at radius 1 is 1.58 bits per heavy atom. The first-order valence-corrected chi connectivity index (χ1v) is 6.73. The molecule has 0 aliphatic carbocycles. The van der Waals surface area contributed by atoms with Crippen molar-refractivity contribution < 1.29 is 4.79 Å². The third-order valence-electron chi connectivity index (χ3n) is 3.19. The number of halogens is 1. The molecule has 0 atom stereocenters. The molecule has 0 bridgehead atoms. The number of piperidine rings is 1. The predicted octanol–water partition coefficient (Wildman–Crippen LogP) is 1.28. The molecule has 0 aromatic carbocycles. The zero-order chi connectivity index (χ0) is 13.7. The minimum Gasteiger partial charge on any atom is -0.355 e. The van der Waals surface area contributed by atoms with Gasteiger partial charge in [-0.15, -0.1) is 11.6 Å². The van der Waals surface area contributed by atoms with E-state index in [0.29, 0.717) is 5.56 Å². The number of carbonyl (C=O) groups excluding carboxylic acids is 1. The number of alkyl halides is 1. The van der Waals surface area contributed by atoms with Gasteiger partial charge < -0.3 is 10.2 Å². The molecule has 2 heterocycles. The van der Waals surface area contributed by atoms with E-state index in [2.05, 4.69) is 21.3 Å². The molecule has 1 N–H and O–H groups in total. The van der Waals surface area contributed by atoms with Gasteiger partial charge in [-0.25, -0.2) is 4.98 Å². The Balaban J connectivity index is 1.97. The number of rotatable bonds is 3. The van der Waals surface area contributed by atoms with E-state index >= 15 is 0 Å². The Labute approximate surface area is 117 Å². The molecule has 19 heavy (non-hydrogen) atoms. The maximum atomic E-state index is 11.2. The Kier molecular flexibility index (Phi) is 4.58. The van der Waals surface area contributed by atoms with Gasteiger partial charge >= 0.3 is 0 Å². The number of carbonyl (C=O) groups is 1. The van der Waals surface area contributed by atoms with Gasteiger partial charge in [0.25, 0.3) is 0 Å². The highest BCUT2D eigenvalue weighted by atomic mass is 35.5. The van der Waals surface area contributed by atoms with Gasteiger partial charge in [0, 0.05) is 25.3 Å². The fourth-order valence-corrected chi connectivity index (χ4v) is 2.32. The van der Waals surface area contributed by atoms with Gasteiger partial charge in [0.1, 0.15) is 17.8 Å². The summed E-state index contributed by atoms with van der Waals surface area (Å²) in [7, 11) is 0. The fourth-order valence-electron chi connectivity index (χ4n) is 2.24. The van der Waals surface area contributed by atoms with Crippen molar-refractivity contribution in [3.63, 3.8) is 0 Å². The molecule has 0 spiro atoms. The monoisotopic (exact) mass is 278 g/mol. The standard InChI is InChI=1S/C13H15ClN4O/c14-8-12(19)17-11-3-6-18(7-4-11)13-10(9-15)2-1-5-16-13/h1-2,5,11H,3-4,6-8H2,(H,17,19). The number of nitriles is 1. The summed E-state index contributed by atoms with van der Waals surface area (Å²) in [6.07, 6.45) is 3.37. The van der Waals surface area contributed by atoms with Crippen LogP contribution in [0.2, 0.25) is 0 Å². The van der Waals surface area contributed by atoms with Crippen molar-refractivity contribution in [2.24, 2.45) is 0 Å². The first-order chi connectivity index (χ1) is 9.24. The van der Waals surface area contributed by atoms with E-state index in [9.17, 15) is 4.79 Å². The SMILES string of the molecule is N#Cc1cccnc1N1CCC(NC(=O)CCl)CC1. The molecule has 0 unspecified atom stereocenters. The highest BCUT2D eigenvalue weighted by Crippen LogP contribution is 2.21. The van der Waals surface area contributed by atoms with Crippen LogP contribution in [-0.4, -0.2) is 35.9 Å². The highest BCUT2D eigenvalue weighted by molar-refractivity contribution is 6.27. The lowest BCUT2D eigenvalue weighted by molar-refractivity contribution is -0.119. The molecule has 1 amide bonds. The van der Waals surface area contributed by atoms with E-state index in [1.807, 2.05) is 0 Å². The van der Waals surface area contributed by atoms with Crippen molar-refractivity contribution in [3.8, 4) is 6.07 Å². The summed E-state index contributed by atoms with van der Waals surface area (Å²) in [6.45, 7) is 1.55. The van der Waals surface area contributed by atoms with E-state index in [1.165, 1.54) is 0 Å². The van der Waals surface area contributed by atoms with E-state index in [0.717, 1.165) is 31.7 Å². The lowest BCUT2D eigenvalue weighted by atomic mass is 10.0. The third-order valence-corrected chi connectivity index (χ3v) is 3.43. The van der Waals surface area contributed by atoms with Crippen LogP contribution in [-0.2, 0) is 4.79 Å². The van der Waals surface area contributed by atoms with Gasteiger partial charge in [0.15, 0.2) is 0 Å². The van der Waals surface area contributed by atoms with E-state index in [4.69, 9.17) is 16.9 Å². The molecule has 1 aromatic rings. The summed E-state index contributed by atoms with van der Waals surface area (Å²) in [5.41, 5.74) is 0.589. The maximum Gasteiger partial charge on any atom is 0.235 e. The van der Waals surface area contributed by atoms with Crippen LogP contribution in [0.5, 0.6) is 0 Å². The minimum absolute atomic E-state index is 0.000957. The second-order valence-electron chi connectivity index (χ2n) is 4.45. The Bertz CT molecular complexity index is 492. The number of nitrogens with one attached hydrogen (secondary N) is 1. The molecule has 2 rings (SSSR count). The van der Waals surface area contributed by atoms with Gasteiger partial charge in [0.05, 0.1) is 5.56 Å². The first-order valence-electron chi connectivity index (χ1n) is 6.20. The molecule has 5 nitrogen and oxygen atoms in total. The summed E-state index contributed by atoms with van der Waals surface area (Å²) < 4.78 is 0.